The van der Waals surface area contributed by atoms with Crippen molar-refractivity contribution < 1.29 is 9.59 Å². The van der Waals surface area contributed by atoms with Gasteiger partial charge in [0.15, 0.2) is 0 Å². The summed E-state index contributed by atoms with van der Waals surface area (Å²) in [7, 11) is 0. The Labute approximate surface area is 123 Å². The molecule has 6 heteroatoms. The topological polar surface area (TPSA) is 88.3 Å². The highest BCUT2D eigenvalue weighted by Gasteiger charge is 2.28. The lowest BCUT2D eigenvalue weighted by Gasteiger charge is -2.17. The quantitative estimate of drug-likeness (QED) is 0.733. The molecular weight excluding hydrogens is 268 g/mol. The number of nitrogens with one attached hydrogen (secondary N) is 1. The number of nitrogens with two attached hydrogens (primary N) is 1. The van der Waals surface area contributed by atoms with Crippen molar-refractivity contribution in [2.75, 3.05) is 19.6 Å². The Morgan fingerprint density at radius 1 is 1.57 bits per heavy atom. The van der Waals surface area contributed by atoms with Gasteiger partial charge in [0.2, 0.25) is 5.91 Å². The molecular formula is C15H18N4O2. The van der Waals surface area contributed by atoms with Crippen LogP contribution in [-0.2, 0) is 4.79 Å². The fourth-order valence-corrected chi connectivity index (χ4v) is 2.32. The molecule has 1 aromatic heterocycles. The normalized spacial score (nSPS) is 17.0. The van der Waals surface area contributed by atoms with Gasteiger partial charge in [-0.3, -0.25) is 9.59 Å². The maximum absolute atomic E-state index is 12.5. The zero-order chi connectivity index (χ0) is 15.2. The predicted octanol–water partition coefficient (Wildman–Crippen LogP) is -0.258. The molecule has 6 nitrogen and oxygen atoms in total. The van der Waals surface area contributed by atoms with E-state index in [0.29, 0.717) is 24.3 Å². The largest absolute Gasteiger partial charge is 0.352 e. The SMILES string of the molecule is CC(=O)NC1CCN(C(=O)c2ncccc2C#CCN)C1. The maximum atomic E-state index is 12.5. The summed E-state index contributed by atoms with van der Waals surface area (Å²) in [4.78, 5) is 29.4. The van der Waals surface area contributed by atoms with Crippen LogP contribution in [0.5, 0.6) is 0 Å². The second-order valence-electron chi connectivity index (χ2n) is 4.84. The van der Waals surface area contributed by atoms with Crippen molar-refractivity contribution in [1.29, 1.82) is 0 Å². The number of nitrogens with zero attached hydrogens (tertiary/aromatic N) is 2. The van der Waals surface area contributed by atoms with Gasteiger partial charge in [-0.25, -0.2) is 4.98 Å². The first kappa shape index (κ1) is 15.0. The molecule has 0 saturated carbocycles. The van der Waals surface area contributed by atoms with Crippen LogP contribution in [0.2, 0.25) is 0 Å². The van der Waals surface area contributed by atoms with Gasteiger partial charge in [0.05, 0.1) is 12.1 Å². The first-order valence-electron chi connectivity index (χ1n) is 6.82. The van der Waals surface area contributed by atoms with E-state index < -0.39 is 0 Å². The molecule has 2 heterocycles. The summed E-state index contributed by atoms with van der Waals surface area (Å²) in [5.41, 5.74) is 6.27. The predicted molar refractivity (Wildman–Crippen MR) is 78.3 cm³/mol. The Balaban J connectivity index is 2.12. The van der Waals surface area contributed by atoms with Crippen LogP contribution in [0.1, 0.15) is 29.4 Å². The lowest BCUT2D eigenvalue weighted by atomic mass is 10.2. The number of aromatic nitrogens is 1. The highest BCUT2D eigenvalue weighted by molar-refractivity contribution is 5.95. The molecule has 21 heavy (non-hydrogen) atoms. The molecule has 0 aliphatic carbocycles. The molecule has 1 unspecified atom stereocenters. The number of amides is 2. The molecule has 0 radical (unpaired) electrons. The minimum atomic E-state index is -0.162. The van der Waals surface area contributed by atoms with Crippen LogP contribution in [0, 0.1) is 11.8 Å². The zero-order valence-corrected chi connectivity index (χ0v) is 11.9. The van der Waals surface area contributed by atoms with Gasteiger partial charge in [-0.05, 0) is 18.6 Å². The van der Waals surface area contributed by atoms with E-state index in [4.69, 9.17) is 5.73 Å². The molecule has 1 saturated heterocycles. The number of likely N-dealkylation sites (tertiary alicyclic amines) is 1. The van der Waals surface area contributed by atoms with E-state index in [1.54, 1.807) is 23.2 Å². The number of hydrogen-bond donors (Lipinski definition) is 2. The molecule has 2 amide bonds. The fraction of sp³-hybridized carbons (Fsp3) is 0.400. The summed E-state index contributed by atoms with van der Waals surface area (Å²) < 4.78 is 0. The average Bonchev–Trinajstić information content (AvgIpc) is 2.92. The maximum Gasteiger partial charge on any atom is 0.273 e. The molecule has 110 valence electrons. The highest BCUT2D eigenvalue weighted by Crippen LogP contribution is 2.14. The number of hydrogen-bond acceptors (Lipinski definition) is 4. The van der Waals surface area contributed by atoms with Gasteiger partial charge in [-0.1, -0.05) is 11.8 Å². The molecule has 0 spiro atoms. The third-order valence-corrected chi connectivity index (χ3v) is 3.22. The Kier molecular flexibility index (Phi) is 4.90. The molecule has 0 aromatic carbocycles. The van der Waals surface area contributed by atoms with E-state index in [9.17, 15) is 9.59 Å². The minimum Gasteiger partial charge on any atom is -0.352 e. The van der Waals surface area contributed by atoms with Gasteiger partial charge < -0.3 is 16.0 Å². The summed E-state index contributed by atoms with van der Waals surface area (Å²) in [5.74, 6) is 5.36. The van der Waals surface area contributed by atoms with Crippen molar-refractivity contribution in [2.45, 2.75) is 19.4 Å². The van der Waals surface area contributed by atoms with Crippen LogP contribution in [0.3, 0.4) is 0 Å². The van der Waals surface area contributed by atoms with Crippen LogP contribution in [-0.4, -0.2) is 47.4 Å². The lowest BCUT2D eigenvalue weighted by molar-refractivity contribution is -0.119. The number of rotatable bonds is 2. The van der Waals surface area contributed by atoms with Crippen LogP contribution in [0.25, 0.3) is 0 Å². The Hall–Kier alpha value is -2.39. The van der Waals surface area contributed by atoms with Crippen LogP contribution < -0.4 is 11.1 Å². The van der Waals surface area contributed by atoms with Crippen LogP contribution in [0.4, 0.5) is 0 Å². The fourth-order valence-electron chi connectivity index (χ4n) is 2.32. The summed E-state index contributed by atoms with van der Waals surface area (Å²) in [6.45, 7) is 2.81. The third-order valence-electron chi connectivity index (χ3n) is 3.22. The zero-order valence-electron chi connectivity index (χ0n) is 11.9. The second-order valence-corrected chi connectivity index (χ2v) is 4.84. The Bertz CT molecular complexity index is 603. The van der Waals surface area contributed by atoms with Gasteiger partial charge in [-0.15, -0.1) is 0 Å². The van der Waals surface area contributed by atoms with Crippen molar-refractivity contribution in [3.05, 3.63) is 29.6 Å². The third kappa shape index (κ3) is 3.80. The van der Waals surface area contributed by atoms with Gasteiger partial charge >= 0.3 is 0 Å². The van der Waals surface area contributed by atoms with Crippen LogP contribution >= 0.6 is 0 Å². The molecule has 1 aliphatic heterocycles. The molecule has 1 aliphatic rings. The highest BCUT2D eigenvalue weighted by atomic mass is 16.2. The standard InChI is InChI=1S/C15H18N4O2/c1-11(20)18-13-6-9-19(10-13)15(21)14-12(4-2-7-16)5-3-8-17-14/h3,5,8,13H,6-7,9-10,16H2,1H3,(H,18,20). The van der Waals surface area contributed by atoms with Crippen molar-refractivity contribution in [2.24, 2.45) is 5.73 Å². The van der Waals surface area contributed by atoms with E-state index in [-0.39, 0.29) is 24.4 Å². The van der Waals surface area contributed by atoms with Gasteiger partial charge in [-0.2, -0.15) is 0 Å². The first-order valence-corrected chi connectivity index (χ1v) is 6.82. The number of carbonyl (C=O) groups excluding carboxylic acids is 2. The van der Waals surface area contributed by atoms with Crippen molar-refractivity contribution in [3.8, 4) is 11.8 Å². The Morgan fingerprint density at radius 3 is 3.10 bits per heavy atom. The van der Waals surface area contributed by atoms with E-state index in [2.05, 4.69) is 22.1 Å². The second kappa shape index (κ2) is 6.86. The van der Waals surface area contributed by atoms with E-state index in [1.165, 1.54) is 6.92 Å². The molecule has 2 rings (SSSR count). The number of pyridine rings is 1. The van der Waals surface area contributed by atoms with E-state index >= 15 is 0 Å². The molecule has 0 bridgehead atoms. The Morgan fingerprint density at radius 2 is 2.38 bits per heavy atom. The molecule has 1 atom stereocenters. The molecule has 3 N–H and O–H groups in total. The van der Waals surface area contributed by atoms with Crippen LogP contribution in [0.15, 0.2) is 18.3 Å². The van der Waals surface area contributed by atoms with Gasteiger partial charge in [0, 0.05) is 32.3 Å². The van der Waals surface area contributed by atoms with Crippen molar-refractivity contribution in [3.63, 3.8) is 0 Å². The molecule has 1 aromatic rings. The van der Waals surface area contributed by atoms with Gasteiger partial charge in [0.1, 0.15) is 5.69 Å². The van der Waals surface area contributed by atoms with E-state index in [0.717, 1.165) is 6.42 Å². The summed E-state index contributed by atoms with van der Waals surface area (Å²) in [6, 6.07) is 3.50. The first-order chi connectivity index (χ1) is 10.1. The van der Waals surface area contributed by atoms with Crippen molar-refractivity contribution >= 4 is 11.8 Å². The minimum absolute atomic E-state index is 0.00809. The summed E-state index contributed by atoms with van der Waals surface area (Å²) in [6.07, 6.45) is 2.32. The van der Waals surface area contributed by atoms with E-state index in [1.807, 2.05) is 0 Å². The van der Waals surface area contributed by atoms with Gasteiger partial charge in [0.25, 0.3) is 5.91 Å². The lowest BCUT2D eigenvalue weighted by Crippen LogP contribution is -2.37. The number of carbonyl (C=O) groups is 2. The molecule has 1 fully saturated rings. The smallest absolute Gasteiger partial charge is 0.273 e. The monoisotopic (exact) mass is 286 g/mol. The summed E-state index contributed by atoms with van der Waals surface area (Å²) >= 11 is 0. The average molecular weight is 286 g/mol. The van der Waals surface area contributed by atoms with Crippen molar-refractivity contribution in [1.82, 2.24) is 15.2 Å². The summed E-state index contributed by atoms with van der Waals surface area (Å²) in [5, 5.41) is 2.83.